The van der Waals surface area contributed by atoms with Crippen molar-refractivity contribution in [3.63, 3.8) is 0 Å². The number of unbranched alkanes of at least 4 members (excludes halogenated alkanes) is 15. The lowest BCUT2D eigenvalue weighted by Crippen LogP contribution is -2.50. The van der Waals surface area contributed by atoms with Crippen molar-refractivity contribution in [1.29, 1.82) is 0 Å². The zero-order valence-electron chi connectivity index (χ0n) is 36.6. The van der Waals surface area contributed by atoms with Crippen molar-refractivity contribution in [3.05, 3.63) is 60.8 Å². The molecule has 0 spiro atoms. The van der Waals surface area contributed by atoms with E-state index >= 15 is 0 Å². The SMILES string of the molecule is CC/C=C/C/C=C/C/C=C/C/C=C/C/C=C/CCCCCCCCCC(=O)OCC(COCCC(C(=O)O)[N+](C)(C)C)OC(=O)CCCCCCCCCCC. The molecule has 0 aliphatic heterocycles. The Bertz CT molecular complexity index is 1100. The van der Waals surface area contributed by atoms with Crippen LogP contribution in [-0.4, -0.2) is 80.6 Å². The van der Waals surface area contributed by atoms with E-state index in [0.29, 0.717) is 19.3 Å². The van der Waals surface area contributed by atoms with Crippen LogP contribution in [0.3, 0.4) is 0 Å². The summed E-state index contributed by atoms with van der Waals surface area (Å²) >= 11 is 0. The van der Waals surface area contributed by atoms with E-state index in [1.165, 1.54) is 64.2 Å². The van der Waals surface area contributed by atoms with Gasteiger partial charge in [0.2, 0.25) is 0 Å². The molecule has 0 aliphatic rings. The summed E-state index contributed by atoms with van der Waals surface area (Å²) in [5.41, 5.74) is 0. The summed E-state index contributed by atoms with van der Waals surface area (Å²) in [5.74, 6) is -1.49. The molecule has 0 aromatic carbocycles. The average Bonchev–Trinajstić information content (AvgIpc) is 3.15. The van der Waals surface area contributed by atoms with Gasteiger partial charge < -0.3 is 23.8 Å². The standard InChI is InChI=1S/C48H83NO7/c1-6-8-10-12-14-16-17-18-19-20-21-22-23-24-25-26-27-28-29-31-32-34-36-38-46(50)55-43-44(42-54-41-40-45(48(52)53)49(3,4)5)56-47(51)39-37-35-33-30-15-13-11-9-7-2/h8,10,14,16,18-19,21-22,24-25,44-45H,6-7,9,11-13,15,17,20,23,26-43H2,1-5H3/p+1/b10-8+,16-14+,19-18+,22-21+,25-24+. The van der Waals surface area contributed by atoms with Gasteiger partial charge in [0.1, 0.15) is 6.61 Å². The van der Waals surface area contributed by atoms with Gasteiger partial charge in [-0.25, -0.2) is 4.79 Å². The number of rotatable bonds is 39. The molecule has 0 fully saturated rings. The Morgan fingerprint density at radius 2 is 1.00 bits per heavy atom. The van der Waals surface area contributed by atoms with Crippen LogP contribution >= 0.6 is 0 Å². The number of carbonyl (C=O) groups excluding carboxylic acids is 2. The van der Waals surface area contributed by atoms with Crippen molar-refractivity contribution in [2.75, 3.05) is 41.0 Å². The molecule has 2 unspecified atom stereocenters. The second kappa shape index (κ2) is 38.9. The van der Waals surface area contributed by atoms with Crippen LogP contribution in [0.5, 0.6) is 0 Å². The van der Waals surface area contributed by atoms with E-state index in [1.807, 2.05) is 21.1 Å². The Balaban J connectivity index is 4.23. The van der Waals surface area contributed by atoms with Crippen LogP contribution < -0.4 is 0 Å². The number of aliphatic carboxylic acids is 1. The van der Waals surface area contributed by atoms with E-state index in [1.54, 1.807) is 0 Å². The molecule has 0 amide bonds. The number of esters is 2. The molecule has 0 rings (SSSR count). The summed E-state index contributed by atoms with van der Waals surface area (Å²) in [7, 11) is 5.51. The first kappa shape index (κ1) is 53.0. The van der Waals surface area contributed by atoms with Crippen LogP contribution in [0.15, 0.2) is 60.8 Å². The highest BCUT2D eigenvalue weighted by atomic mass is 16.6. The maximum Gasteiger partial charge on any atom is 0.362 e. The molecule has 0 bridgehead atoms. The lowest BCUT2D eigenvalue weighted by atomic mass is 10.1. The van der Waals surface area contributed by atoms with Gasteiger partial charge in [-0.05, 0) is 57.8 Å². The lowest BCUT2D eigenvalue weighted by Gasteiger charge is -2.31. The molecule has 2 atom stereocenters. The molecule has 0 saturated heterocycles. The van der Waals surface area contributed by atoms with E-state index < -0.39 is 18.1 Å². The fraction of sp³-hybridized carbons (Fsp3) is 0.729. The maximum atomic E-state index is 12.6. The Morgan fingerprint density at radius 1 is 0.554 bits per heavy atom. The number of carboxylic acids is 1. The fourth-order valence-corrected chi connectivity index (χ4v) is 6.23. The Hall–Kier alpha value is -2.97. The van der Waals surface area contributed by atoms with Gasteiger partial charge in [-0.15, -0.1) is 0 Å². The van der Waals surface area contributed by atoms with Crippen molar-refractivity contribution < 1.29 is 38.2 Å². The largest absolute Gasteiger partial charge is 0.477 e. The molecule has 0 saturated carbocycles. The van der Waals surface area contributed by atoms with Crippen molar-refractivity contribution in [3.8, 4) is 0 Å². The van der Waals surface area contributed by atoms with Gasteiger partial charge in [-0.2, -0.15) is 0 Å². The summed E-state index contributed by atoms with van der Waals surface area (Å²) in [6.07, 6.45) is 47.0. The number of ether oxygens (including phenoxy) is 3. The first-order valence-corrected chi connectivity index (χ1v) is 22.3. The third-order valence-electron chi connectivity index (χ3n) is 9.68. The van der Waals surface area contributed by atoms with Crippen LogP contribution in [0, 0.1) is 0 Å². The Labute approximate surface area is 343 Å². The number of carboxylic acid groups (broad SMARTS) is 1. The molecule has 0 radical (unpaired) electrons. The number of likely N-dealkylation sites (N-methyl/N-ethyl adjacent to an activating group) is 1. The summed E-state index contributed by atoms with van der Waals surface area (Å²) in [5, 5.41) is 9.60. The van der Waals surface area contributed by atoms with E-state index in [0.717, 1.165) is 77.0 Å². The highest BCUT2D eigenvalue weighted by Gasteiger charge is 2.31. The van der Waals surface area contributed by atoms with Gasteiger partial charge >= 0.3 is 17.9 Å². The van der Waals surface area contributed by atoms with E-state index in [9.17, 15) is 19.5 Å². The summed E-state index contributed by atoms with van der Waals surface area (Å²) in [6.45, 7) is 4.58. The van der Waals surface area contributed by atoms with Crippen LogP contribution in [0.2, 0.25) is 0 Å². The number of nitrogens with zero attached hydrogens (tertiary/aromatic N) is 1. The molecular formula is C48H84NO7+. The molecular weight excluding hydrogens is 703 g/mol. The van der Waals surface area contributed by atoms with Crippen LogP contribution in [0.25, 0.3) is 0 Å². The van der Waals surface area contributed by atoms with E-state index in [2.05, 4.69) is 74.6 Å². The van der Waals surface area contributed by atoms with Crippen LogP contribution in [0.4, 0.5) is 0 Å². The number of allylic oxidation sites excluding steroid dienone is 10. The third-order valence-corrected chi connectivity index (χ3v) is 9.68. The van der Waals surface area contributed by atoms with Crippen LogP contribution in [-0.2, 0) is 28.6 Å². The van der Waals surface area contributed by atoms with E-state index in [-0.39, 0.29) is 36.2 Å². The quantitative estimate of drug-likeness (QED) is 0.0287. The molecule has 0 aliphatic carbocycles. The highest BCUT2D eigenvalue weighted by molar-refractivity contribution is 5.72. The molecule has 0 aromatic heterocycles. The van der Waals surface area contributed by atoms with Gasteiger partial charge in [0.15, 0.2) is 12.1 Å². The third kappa shape index (κ3) is 36.7. The molecule has 8 nitrogen and oxygen atoms in total. The molecule has 56 heavy (non-hydrogen) atoms. The van der Waals surface area contributed by atoms with Gasteiger partial charge in [-0.1, -0.05) is 158 Å². The van der Waals surface area contributed by atoms with Gasteiger partial charge in [-0.3, -0.25) is 9.59 Å². The highest BCUT2D eigenvalue weighted by Crippen LogP contribution is 2.14. The second-order valence-corrected chi connectivity index (χ2v) is 15.9. The number of quaternary nitrogens is 1. The molecule has 322 valence electrons. The minimum Gasteiger partial charge on any atom is -0.477 e. The average molecular weight is 787 g/mol. The molecule has 0 heterocycles. The number of hydrogen-bond acceptors (Lipinski definition) is 6. The van der Waals surface area contributed by atoms with Crippen molar-refractivity contribution >= 4 is 17.9 Å². The first-order chi connectivity index (χ1) is 27.1. The molecule has 8 heteroatoms. The van der Waals surface area contributed by atoms with E-state index in [4.69, 9.17) is 14.2 Å². The van der Waals surface area contributed by atoms with Crippen molar-refractivity contribution in [1.82, 2.24) is 0 Å². The fourth-order valence-electron chi connectivity index (χ4n) is 6.23. The van der Waals surface area contributed by atoms with Crippen LogP contribution in [0.1, 0.15) is 174 Å². The zero-order chi connectivity index (χ0) is 41.4. The van der Waals surface area contributed by atoms with Gasteiger partial charge in [0.25, 0.3) is 0 Å². The lowest BCUT2D eigenvalue weighted by molar-refractivity contribution is -0.887. The second-order valence-electron chi connectivity index (χ2n) is 15.9. The minimum atomic E-state index is -0.879. The predicted octanol–water partition coefficient (Wildman–Crippen LogP) is 12.2. The summed E-state index contributed by atoms with van der Waals surface area (Å²) < 4.78 is 17.2. The molecule has 0 aromatic rings. The maximum absolute atomic E-state index is 12.6. The van der Waals surface area contributed by atoms with Crippen molar-refractivity contribution in [2.45, 2.75) is 187 Å². The summed E-state index contributed by atoms with van der Waals surface area (Å²) in [4.78, 5) is 36.9. The monoisotopic (exact) mass is 787 g/mol. The smallest absolute Gasteiger partial charge is 0.362 e. The normalized spacial score (nSPS) is 13.5. The van der Waals surface area contributed by atoms with Gasteiger partial charge in [0, 0.05) is 19.3 Å². The summed E-state index contributed by atoms with van der Waals surface area (Å²) in [6, 6.07) is -0.616. The van der Waals surface area contributed by atoms with Crippen molar-refractivity contribution in [2.24, 2.45) is 0 Å². The predicted molar refractivity (Wildman–Crippen MR) is 234 cm³/mol. The van der Waals surface area contributed by atoms with Gasteiger partial charge in [0.05, 0.1) is 34.4 Å². The molecule has 1 N–H and O–H groups in total. The Kier molecular flexibility index (Phi) is 36.8. The minimum absolute atomic E-state index is 0.0569. The number of carbonyl (C=O) groups is 3. The Morgan fingerprint density at radius 3 is 1.48 bits per heavy atom. The zero-order valence-corrected chi connectivity index (χ0v) is 36.6. The topological polar surface area (TPSA) is 99.1 Å². The first-order valence-electron chi connectivity index (χ1n) is 22.3. The number of hydrogen-bond donors (Lipinski definition) is 1.